The maximum atomic E-state index is 12.8. The third-order valence-electron chi connectivity index (χ3n) is 3.60. The summed E-state index contributed by atoms with van der Waals surface area (Å²) >= 11 is 3.43. The van der Waals surface area contributed by atoms with E-state index < -0.39 is 5.97 Å². The van der Waals surface area contributed by atoms with Crippen LogP contribution < -0.4 is 0 Å². The van der Waals surface area contributed by atoms with Crippen molar-refractivity contribution >= 4 is 27.8 Å². The smallest absolute Gasteiger partial charge is 0.323 e. The van der Waals surface area contributed by atoms with E-state index >= 15 is 0 Å². The highest BCUT2D eigenvalue weighted by Gasteiger charge is 2.27. The van der Waals surface area contributed by atoms with Gasteiger partial charge in [-0.15, -0.1) is 0 Å². The van der Waals surface area contributed by atoms with E-state index in [9.17, 15) is 9.59 Å². The number of amides is 1. The van der Waals surface area contributed by atoms with Gasteiger partial charge in [0.1, 0.15) is 6.54 Å². The second-order valence-corrected chi connectivity index (χ2v) is 6.68. The third-order valence-corrected chi connectivity index (χ3v) is 4.10. The lowest BCUT2D eigenvalue weighted by molar-refractivity contribution is -0.148. The summed E-state index contributed by atoms with van der Waals surface area (Å²) < 4.78 is 6.07. The number of hydrogen-bond donors (Lipinski definition) is 1. The molecule has 0 saturated carbocycles. The van der Waals surface area contributed by atoms with Crippen LogP contribution in [0.5, 0.6) is 0 Å². The van der Waals surface area contributed by atoms with Gasteiger partial charge in [0.15, 0.2) is 0 Å². The van der Waals surface area contributed by atoms with Crippen molar-refractivity contribution in [3.8, 4) is 0 Å². The van der Waals surface area contributed by atoms with Crippen LogP contribution in [0.3, 0.4) is 0 Å². The van der Waals surface area contributed by atoms with Crippen molar-refractivity contribution in [2.75, 3.05) is 20.3 Å². The standard InChI is InChI=1S/C17H24BrNO4/c1-12(2)19(11-16(20)21)17(22)14(7-8-23-3)9-13-5-4-6-15(18)10-13/h4-6,10,12,14H,7-9,11H2,1-3H3,(H,20,21). The van der Waals surface area contributed by atoms with Crippen molar-refractivity contribution in [2.24, 2.45) is 5.92 Å². The largest absolute Gasteiger partial charge is 0.480 e. The maximum Gasteiger partial charge on any atom is 0.323 e. The average Bonchev–Trinajstić information content (AvgIpc) is 2.48. The number of carboxylic acids is 1. The molecule has 0 saturated heterocycles. The van der Waals surface area contributed by atoms with Gasteiger partial charge in [0.2, 0.25) is 5.91 Å². The number of aliphatic carboxylic acids is 1. The fourth-order valence-corrected chi connectivity index (χ4v) is 2.86. The molecule has 0 aliphatic carbocycles. The van der Waals surface area contributed by atoms with Crippen LogP contribution in [0.4, 0.5) is 0 Å². The zero-order valence-electron chi connectivity index (χ0n) is 13.8. The molecule has 1 N–H and O–H groups in total. The normalized spacial score (nSPS) is 12.2. The highest BCUT2D eigenvalue weighted by atomic mass is 79.9. The minimum Gasteiger partial charge on any atom is -0.480 e. The molecular weight excluding hydrogens is 362 g/mol. The molecule has 0 spiro atoms. The summed E-state index contributed by atoms with van der Waals surface area (Å²) in [5, 5.41) is 9.04. The van der Waals surface area contributed by atoms with Gasteiger partial charge in [-0.05, 0) is 44.4 Å². The Morgan fingerprint density at radius 1 is 1.35 bits per heavy atom. The monoisotopic (exact) mass is 385 g/mol. The first-order valence-electron chi connectivity index (χ1n) is 7.60. The molecule has 0 radical (unpaired) electrons. The second-order valence-electron chi connectivity index (χ2n) is 5.77. The van der Waals surface area contributed by atoms with E-state index in [4.69, 9.17) is 9.84 Å². The number of halogens is 1. The number of hydrogen-bond acceptors (Lipinski definition) is 3. The molecular formula is C17H24BrNO4. The van der Waals surface area contributed by atoms with E-state index in [1.165, 1.54) is 4.90 Å². The summed E-state index contributed by atoms with van der Waals surface area (Å²) in [5.41, 5.74) is 1.04. The molecule has 0 aromatic heterocycles. The van der Waals surface area contributed by atoms with Crippen molar-refractivity contribution < 1.29 is 19.4 Å². The average molecular weight is 386 g/mol. The van der Waals surface area contributed by atoms with Crippen molar-refractivity contribution in [1.82, 2.24) is 4.90 Å². The Labute approximate surface area is 145 Å². The SMILES string of the molecule is COCCC(Cc1cccc(Br)c1)C(=O)N(CC(=O)O)C(C)C. The molecule has 0 heterocycles. The highest BCUT2D eigenvalue weighted by molar-refractivity contribution is 9.10. The van der Waals surface area contributed by atoms with E-state index in [0.717, 1.165) is 10.0 Å². The van der Waals surface area contributed by atoms with E-state index in [-0.39, 0.29) is 24.4 Å². The van der Waals surface area contributed by atoms with E-state index in [0.29, 0.717) is 19.4 Å². The predicted molar refractivity (Wildman–Crippen MR) is 92.3 cm³/mol. The molecule has 1 atom stereocenters. The quantitative estimate of drug-likeness (QED) is 0.709. The molecule has 5 nitrogen and oxygen atoms in total. The number of benzene rings is 1. The Morgan fingerprint density at radius 3 is 2.57 bits per heavy atom. The van der Waals surface area contributed by atoms with Crippen molar-refractivity contribution in [1.29, 1.82) is 0 Å². The molecule has 1 amide bonds. The summed E-state index contributed by atoms with van der Waals surface area (Å²) in [6.07, 6.45) is 1.12. The number of carboxylic acid groups (broad SMARTS) is 1. The molecule has 1 aromatic rings. The van der Waals surface area contributed by atoms with Crippen molar-refractivity contribution in [3.05, 3.63) is 34.3 Å². The van der Waals surface area contributed by atoms with Crippen LogP contribution in [-0.4, -0.2) is 48.2 Å². The number of carbonyl (C=O) groups is 2. The third kappa shape index (κ3) is 6.71. The topological polar surface area (TPSA) is 66.8 Å². The first kappa shape index (κ1) is 19.6. The Bertz CT molecular complexity index is 533. The molecule has 0 aliphatic rings. The first-order chi connectivity index (χ1) is 10.8. The van der Waals surface area contributed by atoms with Crippen LogP contribution in [-0.2, 0) is 20.7 Å². The molecule has 1 rings (SSSR count). The number of methoxy groups -OCH3 is 1. The number of nitrogens with zero attached hydrogens (tertiary/aromatic N) is 1. The molecule has 6 heteroatoms. The van der Waals surface area contributed by atoms with Crippen molar-refractivity contribution in [2.45, 2.75) is 32.7 Å². The van der Waals surface area contributed by atoms with Gasteiger partial charge in [-0.25, -0.2) is 0 Å². The lowest BCUT2D eigenvalue weighted by Gasteiger charge is -2.29. The van der Waals surface area contributed by atoms with Crippen LogP contribution in [0.2, 0.25) is 0 Å². The fraction of sp³-hybridized carbons (Fsp3) is 0.529. The van der Waals surface area contributed by atoms with Gasteiger partial charge in [-0.2, -0.15) is 0 Å². The molecule has 1 unspecified atom stereocenters. The summed E-state index contributed by atoms with van der Waals surface area (Å²) in [6.45, 7) is 3.84. The van der Waals surface area contributed by atoms with Crippen LogP contribution in [0.1, 0.15) is 25.8 Å². The number of rotatable bonds is 9. The zero-order valence-corrected chi connectivity index (χ0v) is 15.4. The summed E-state index contributed by atoms with van der Waals surface area (Å²) in [6, 6.07) is 7.64. The Kier molecular flexibility index (Phi) is 8.26. The van der Waals surface area contributed by atoms with E-state index in [1.54, 1.807) is 7.11 Å². The molecule has 0 fully saturated rings. The Hall–Kier alpha value is -1.40. The van der Waals surface area contributed by atoms with Gasteiger partial charge in [-0.3, -0.25) is 9.59 Å². The van der Waals surface area contributed by atoms with Crippen LogP contribution in [0, 0.1) is 5.92 Å². The Balaban J connectivity index is 2.93. The lowest BCUT2D eigenvalue weighted by Crippen LogP contribution is -2.44. The first-order valence-corrected chi connectivity index (χ1v) is 8.40. The fourth-order valence-electron chi connectivity index (χ4n) is 2.42. The second kappa shape index (κ2) is 9.67. The van der Waals surface area contributed by atoms with Gasteiger partial charge in [0.05, 0.1) is 0 Å². The van der Waals surface area contributed by atoms with Gasteiger partial charge >= 0.3 is 5.97 Å². The van der Waals surface area contributed by atoms with Crippen molar-refractivity contribution in [3.63, 3.8) is 0 Å². The molecule has 0 aliphatic heterocycles. The number of ether oxygens (including phenoxy) is 1. The van der Waals surface area contributed by atoms with Gasteiger partial charge in [-0.1, -0.05) is 28.1 Å². The molecule has 128 valence electrons. The van der Waals surface area contributed by atoms with E-state index in [2.05, 4.69) is 15.9 Å². The van der Waals surface area contributed by atoms with Crippen LogP contribution in [0.25, 0.3) is 0 Å². The molecule has 0 bridgehead atoms. The summed E-state index contributed by atoms with van der Waals surface area (Å²) in [7, 11) is 1.60. The molecule has 23 heavy (non-hydrogen) atoms. The summed E-state index contributed by atoms with van der Waals surface area (Å²) in [4.78, 5) is 25.3. The van der Waals surface area contributed by atoms with Crippen LogP contribution >= 0.6 is 15.9 Å². The summed E-state index contributed by atoms with van der Waals surface area (Å²) in [5.74, 6) is -1.44. The minimum atomic E-state index is -1.00. The van der Waals surface area contributed by atoms with Gasteiger partial charge < -0.3 is 14.7 Å². The van der Waals surface area contributed by atoms with E-state index in [1.807, 2.05) is 38.1 Å². The minimum absolute atomic E-state index is 0.139. The van der Waals surface area contributed by atoms with Gasteiger partial charge in [0.25, 0.3) is 0 Å². The van der Waals surface area contributed by atoms with Crippen LogP contribution in [0.15, 0.2) is 28.7 Å². The van der Waals surface area contributed by atoms with Gasteiger partial charge in [0, 0.05) is 30.1 Å². The zero-order chi connectivity index (χ0) is 17.4. The predicted octanol–water partition coefficient (Wildman–Crippen LogP) is 2.97. The maximum absolute atomic E-state index is 12.8. The Morgan fingerprint density at radius 2 is 2.04 bits per heavy atom. The highest BCUT2D eigenvalue weighted by Crippen LogP contribution is 2.20. The lowest BCUT2D eigenvalue weighted by atomic mass is 9.94. The number of carbonyl (C=O) groups excluding carboxylic acids is 1. The molecule has 1 aromatic carbocycles.